The normalized spacial score (nSPS) is 20.7. The highest BCUT2D eigenvalue weighted by Gasteiger charge is 2.28. The van der Waals surface area contributed by atoms with Gasteiger partial charge in [-0.3, -0.25) is 4.79 Å². The lowest BCUT2D eigenvalue weighted by molar-refractivity contribution is -0.125. The molecule has 8 heteroatoms. The van der Waals surface area contributed by atoms with Gasteiger partial charge in [0.1, 0.15) is 12.2 Å². The van der Waals surface area contributed by atoms with Gasteiger partial charge in [0.15, 0.2) is 17.0 Å². The van der Waals surface area contributed by atoms with E-state index in [0.29, 0.717) is 0 Å². The maximum absolute atomic E-state index is 12.6. The molecule has 0 spiro atoms. The molecule has 0 aromatic carbocycles. The number of piperidine rings is 1. The maximum atomic E-state index is 12.6. The van der Waals surface area contributed by atoms with Crippen molar-refractivity contribution in [1.82, 2.24) is 29.7 Å². The summed E-state index contributed by atoms with van der Waals surface area (Å²) in [5.41, 5.74) is 1.91. The SMILES string of the molecule is O=C(NCCCN1CCCC1)C1CCN(c2ncnc3c2nc2n3CCCCC2)CC1. The van der Waals surface area contributed by atoms with E-state index in [2.05, 4.69) is 29.7 Å². The van der Waals surface area contributed by atoms with E-state index < -0.39 is 0 Å². The number of imidazole rings is 1. The second kappa shape index (κ2) is 9.51. The lowest BCUT2D eigenvalue weighted by atomic mass is 9.96. The van der Waals surface area contributed by atoms with Crippen molar-refractivity contribution in [2.24, 2.45) is 5.92 Å². The largest absolute Gasteiger partial charge is 0.356 e. The predicted molar refractivity (Wildman–Crippen MR) is 121 cm³/mol. The van der Waals surface area contributed by atoms with Crippen LogP contribution >= 0.6 is 0 Å². The van der Waals surface area contributed by atoms with Crippen LogP contribution in [0.15, 0.2) is 6.33 Å². The standard InChI is InChI=1S/C23H35N7O/c31-23(24-10-6-13-28-11-4-5-12-28)18-8-15-29(16-9-18)21-20-22(26-17-25-21)30-14-3-1-2-7-19(30)27-20/h17-18H,1-16H2,(H,24,31). The van der Waals surface area contributed by atoms with E-state index in [0.717, 1.165) is 81.2 Å². The van der Waals surface area contributed by atoms with Crippen molar-refractivity contribution in [3.8, 4) is 0 Å². The number of hydrogen-bond acceptors (Lipinski definition) is 6. The zero-order valence-electron chi connectivity index (χ0n) is 18.6. The first kappa shape index (κ1) is 20.7. The molecule has 3 aliphatic heterocycles. The highest BCUT2D eigenvalue weighted by atomic mass is 16.1. The Bertz CT molecular complexity index is 897. The lowest BCUT2D eigenvalue weighted by Gasteiger charge is -2.32. The van der Waals surface area contributed by atoms with Crippen LogP contribution in [0.5, 0.6) is 0 Å². The average Bonchev–Trinajstić information content (AvgIpc) is 3.38. The lowest BCUT2D eigenvalue weighted by Crippen LogP contribution is -2.41. The summed E-state index contributed by atoms with van der Waals surface area (Å²) >= 11 is 0. The van der Waals surface area contributed by atoms with Crippen LogP contribution in [0.4, 0.5) is 5.82 Å². The smallest absolute Gasteiger partial charge is 0.223 e. The van der Waals surface area contributed by atoms with Crippen molar-refractivity contribution in [1.29, 1.82) is 0 Å². The molecule has 2 fully saturated rings. The van der Waals surface area contributed by atoms with Crippen LogP contribution < -0.4 is 10.2 Å². The number of aryl methyl sites for hydroxylation is 2. The fourth-order valence-electron chi connectivity index (χ4n) is 5.38. The van der Waals surface area contributed by atoms with E-state index in [4.69, 9.17) is 4.98 Å². The van der Waals surface area contributed by atoms with Crippen molar-refractivity contribution in [3.63, 3.8) is 0 Å². The molecular weight excluding hydrogens is 390 g/mol. The van der Waals surface area contributed by atoms with Gasteiger partial charge in [-0.05, 0) is 64.6 Å². The van der Waals surface area contributed by atoms with Crippen molar-refractivity contribution >= 4 is 22.9 Å². The minimum atomic E-state index is 0.110. The topological polar surface area (TPSA) is 79.2 Å². The average molecular weight is 426 g/mol. The van der Waals surface area contributed by atoms with Gasteiger partial charge >= 0.3 is 0 Å². The second-order valence-corrected chi connectivity index (χ2v) is 9.31. The van der Waals surface area contributed by atoms with Crippen LogP contribution in [0.2, 0.25) is 0 Å². The number of aromatic nitrogens is 4. The number of hydrogen-bond donors (Lipinski definition) is 1. The Morgan fingerprint density at radius 3 is 2.65 bits per heavy atom. The third-order valence-electron chi connectivity index (χ3n) is 7.19. The molecule has 3 aliphatic rings. The van der Waals surface area contributed by atoms with Gasteiger partial charge in [0.05, 0.1) is 0 Å². The number of rotatable bonds is 6. The fraction of sp³-hybridized carbons (Fsp3) is 0.739. The van der Waals surface area contributed by atoms with E-state index in [9.17, 15) is 4.79 Å². The molecule has 0 atom stereocenters. The Kier molecular flexibility index (Phi) is 6.34. The first-order valence-electron chi connectivity index (χ1n) is 12.2. The van der Waals surface area contributed by atoms with Crippen LogP contribution in [0.3, 0.4) is 0 Å². The van der Waals surface area contributed by atoms with E-state index in [-0.39, 0.29) is 11.8 Å². The Labute approximate surface area is 184 Å². The summed E-state index contributed by atoms with van der Waals surface area (Å²) in [5.74, 6) is 2.43. The van der Waals surface area contributed by atoms with Crippen molar-refractivity contribution < 1.29 is 4.79 Å². The van der Waals surface area contributed by atoms with Gasteiger partial charge in [-0.1, -0.05) is 6.42 Å². The zero-order valence-corrected chi connectivity index (χ0v) is 18.6. The van der Waals surface area contributed by atoms with Gasteiger partial charge in [-0.25, -0.2) is 15.0 Å². The third-order valence-corrected chi connectivity index (χ3v) is 7.19. The van der Waals surface area contributed by atoms with E-state index in [1.807, 2.05) is 0 Å². The monoisotopic (exact) mass is 425 g/mol. The molecule has 5 rings (SSSR count). The van der Waals surface area contributed by atoms with E-state index in [1.54, 1.807) is 6.33 Å². The minimum Gasteiger partial charge on any atom is -0.356 e. The Morgan fingerprint density at radius 1 is 1.00 bits per heavy atom. The quantitative estimate of drug-likeness (QED) is 0.716. The molecule has 31 heavy (non-hydrogen) atoms. The van der Waals surface area contributed by atoms with Crippen molar-refractivity contribution in [2.45, 2.75) is 64.3 Å². The zero-order chi connectivity index (χ0) is 21.0. The maximum Gasteiger partial charge on any atom is 0.223 e. The first-order chi connectivity index (χ1) is 15.3. The highest BCUT2D eigenvalue weighted by molar-refractivity contribution is 5.84. The van der Waals surface area contributed by atoms with Crippen LogP contribution in [0.1, 0.15) is 57.2 Å². The molecule has 0 saturated carbocycles. The summed E-state index contributed by atoms with van der Waals surface area (Å²) in [4.78, 5) is 31.5. The number of fused-ring (bicyclic) bond motifs is 3. The van der Waals surface area contributed by atoms with Gasteiger partial charge in [0.25, 0.3) is 0 Å². The molecule has 5 heterocycles. The van der Waals surface area contributed by atoms with Gasteiger partial charge in [0, 0.05) is 38.5 Å². The summed E-state index contributed by atoms with van der Waals surface area (Å²) < 4.78 is 2.29. The number of nitrogens with one attached hydrogen (secondary N) is 1. The number of likely N-dealkylation sites (tertiary alicyclic amines) is 1. The van der Waals surface area contributed by atoms with Crippen LogP contribution in [0, 0.1) is 5.92 Å². The first-order valence-corrected chi connectivity index (χ1v) is 12.2. The fourth-order valence-corrected chi connectivity index (χ4v) is 5.38. The van der Waals surface area contributed by atoms with E-state index in [1.165, 1.54) is 45.2 Å². The van der Waals surface area contributed by atoms with Gasteiger partial charge in [-0.15, -0.1) is 0 Å². The Hall–Kier alpha value is -2.22. The molecule has 0 bridgehead atoms. The molecule has 0 radical (unpaired) electrons. The summed E-state index contributed by atoms with van der Waals surface area (Å²) in [6.45, 7) is 7.05. The Balaban J connectivity index is 1.16. The molecule has 2 saturated heterocycles. The predicted octanol–water partition coefficient (Wildman–Crippen LogP) is 2.37. The molecule has 1 amide bonds. The molecule has 1 N–H and O–H groups in total. The third kappa shape index (κ3) is 4.54. The summed E-state index contributed by atoms with van der Waals surface area (Å²) in [6.07, 6.45) is 11.8. The number of amides is 1. The van der Waals surface area contributed by atoms with Gasteiger partial charge in [-0.2, -0.15) is 0 Å². The molecule has 0 unspecified atom stereocenters. The summed E-state index contributed by atoms with van der Waals surface area (Å²) in [6, 6.07) is 0. The van der Waals surface area contributed by atoms with Gasteiger partial charge in [0.2, 0.25) is 5.91 Å². The summed E-state index contributed by atoms with van der Waals surface area (Å²) in [7, 11) is 0. The number of carbonyl (C=O) groups is 1. The van der Waals surface area contributed by atoms with E-state index >= 15 is 0 Å². The summed E-state index contributed by atoms with van der Waals surface area (Å²) in [5, 5.41) is 3.17. The second-order valence-electron chi connectivity index (χ2n) is 9.31. The van der Waals surface area contributed by atoms with Crippen LogP contribution in [-0.4, -0.2) is 69.6 Å². The molecule has 168 valence electrons. The van der Waals surface area contributed by atoms with Crippen LogP contribution in [-0.2, 0) is 17.8 Å². The molecule has 2 aromatic rings. The highest BCUT2D eigenvalue weighted by Crippen LogP contribution is 2.29. The molecule has 2 aromatic heterocycles. The minimum absolute atomic E-state index is 0.110. The van der Waals surface area contributed by atoms with Crippen molar-refractivity contribution in [2.75, 3.05) is 44.2 Å². The Morgan fingerprint density at radius 2 is 1.81 bits per heavy atom. The van der Waals surface area contributed by atoms with Crippen LogP contribution in [0.25, 0.3) is 11.2 Å². The number of carbonyl (C=O) groups excluding carboxylic acids is 1. The van der Waals surface area contributed by atoms with Gasteiger partial charge < -0.3 is 19.7 Å². The molecule has 8 nitrogen and oxygen atoms in total. The number of nitrogens with zero attached hydrogens (tertiary/aromatic N) is 6. The number of anilines is 1. The molecular formula is C23H35N7O. The molecule has 0 aliphatic carbocycles. The van der Waals surface area contributed by atoms with Crippen molar-refractivity contribution in [3.05, 3.63) is 12.2 Å².